The number of hydrogen-bond acceptors (Lipinski definition) is 5. The molecular formula is C24H22FN3O4S. The number of amides is 2. The van der Waals surface area contributed by atoms with Crippen LogP contribution in [0.15, 0.2) is 71.6 Å². The van der Waals surface area contributed by atoms with E-state index in [1.54, 1.807) is 18.2 Å². The average Bonchev–Trinajstić information content (AvgIpc) is 3.13. The molecule has 2 aliphatic heterocycles. The van der Waals surface area contributed by atoms with Crippen molar-refractivity contribution >= 4 is 38.3 Å². The minimum atomic E-state index is -3.67. The predicted octanol–water partition coefficient (Wildman–Crippen LogP) is 2.62. The lowest BCUT2D eigenvalue weighted by Gasteiger charge is -2.36. The van der Waals surface area contributed by atoms with Crippen molar-refractivity contribution in [2.24, 2.45) is 0 Å². The molecule has 2 aliphatic rings. The van der Waals surface area contributed by atoms with E-state index in [-0.39, 0.29) is 36.2 Å². The van der Waals surface area contributed by atoms with Crippen LogP contribution >= 0.6 is 0 Å². The second-order valence-corrected chi connectivity index (χ2v) is 10.2. The van der Waals surface area contributed by atoms with Crippen LogP contribution < -0.4 is 4.90 Å². The van der Waals surface area contributed by atoms with Crippen LogP contribution in [0, 0.1) is 5.82 Å². The molecular weight excluding hydrogens is 445 g/mol. The van der Waals surface area contributed by atoms with Gasteiger partial charge in [0, 0.05) is 26.2 Å². The Balaban J connectivity index is 1.29. The number of carbonyl (C=O) groups is 2. The van der Waals surface area contributed by atoms with Crippen LogP contribution in [0.4, 0.5) is 10.1 Å². The van der Waals surface area contributed by atoms with Gasteiger partial charge in [0.05, 0.1) is 23.0 Å². The first-order chi connectivity index (χ1) is 15.8. The SMILES string of the molecule is O=C1C[C@@H](N2CCN(S(=O)(=O)c3ccc4ccccc4c3)CC2)C(=O)N1c1ccc(F)cc1. The lowest BCUT2D eigenvalue weighted by molar-refractivity contribution is -0.123. The van der Waals surface area contributed by atoms with Crippen LogP contribution in [0.2, 0.25) is 0 Å². The van der Waals surface area contributed by atoms with E-state index in [0.717, 1.165) is 15.7 Å². The number of hydrogen-bond donors (Lipinski definition) is 0. The molecule has 0 saturated carbocycles. The van der Waals surface area contributed by atoms with Gasteiger partial charge in [-0.25, -0.2) is 17.7 Å². The molecule has 5 rings (SSSR count). The van der Waals surface area contributed by atoms with E-state index in [9.17, 15) is 22.4 Å². The highest BCUT2D eigenvalue weighted by molar-refractivity contribution is 7.89. The molecule has 9 heteroatoms. The summed E-state index contributed by atoms with van der Waals surface area (Å²) in [6, 6.07) is 17.2. The Morgan fingerprint density at radius 3 is 2.18 bits per heavy atom. The monoisotopic (exact) mass is 467 g/mol. The van der Waals surface area contributed by atoms with Gasteiger partial charge in [-0.05, 0) is 47.2 Å². The molecule has 0 aliphatic carbocycles. The van der Waals surface area contributed by atoms with Gasteiger partial charge in [0.25, 0.3) is 5.91 Å². The predicted molar refractivity (Wildman–Crippen MR) is 122 cm³/mol. The van der Waals surface area contributed by atoms with Gasteiger partial charge in [0.2, 0.25) is 15.9 Å². The van der Waals surface area contributed by atoms with E-state index < -0.39 is 21.9 Å². The van der Waals surface area contributed by atoms with Crippen LogP contribution in [-0.4, -0.2) is 61.7 Å². The Morgan fingerprint density at radius 1 is 0.818 bits per heavy atom. The zero-order valence-electron chi connectivity index (χ0n) is 17.7. The number of fused-ring (bicyclic) bond motifs is 1. The molecule has 2 heterocycles. The molecule has 2 fully saturated rings. The van der Waals surface area contributed by atoms with Crippen molar-refractivity contribution in [3.05, 3.63) is 72.5 Å². The number of imide groups is 1. The van der Waals surface area contributed by atoms with Crippen LogP contribution in [0.3, 0.4) is 0 Å². The Kier molecular flexibility index (Phi) is 5.48. The number of halogens is 1. The highest BCUT2D eigenvalue weighted by Gasteiger charge is 2.44. The second-order valence-electron chi connectivity index (χ2n) is 8.21. The van der Waals surface area contributed by atoms with E-state index in [2.05, 4.69) is 0 Å². The molecule has 2 amide bonds. The fraction of sp³-hybridized carbons (Fsp3) is 0.250. The maximum Gasteiger partial charge on any atom is 0.251 e. The average molecular weight is 468 g/mol. The summed E-state index contributed by atoms with van der Waals surface area (Å²) in [5.74, 6) is -1.15. The molecule has 1 atom stereocenters. The van der Waals surface area contributed by atoms with Gasteiger partial charge in [0.15, 0.2) is 0 Å². The molecule has 3 aromatic carbocycles. The summed E-state index contributed by atoms with van der Waals surface area (Å²) < 4.78 is 41.0. The minimum Gasteiger partial charge on any atom is -0.289 e. The van der Waals surface area contributed by atoms with Crippen molar-refractivity contribution in [3.63, 3.8) is 0 Å². The van der Waals surface area contributed by atoms with E-state index in [1.807, 2.05) is 29.2 Å². The summed E-state index contributed by atoms with van der Waals surface area (Å²) in [6.07, 6.45) is 0.0215. The van der Waals surface area contributed by atoms with Gasteiger partial charge in [-0.15, -0.1) is 0 Å². The molecule has 0 bridgehead atoms. The van der Waals surface area contributed by atoms with Crippen molar-refractivity contribution < 1.29 is 22.4 Å². The first-order valence-electron chi connectivity index (χ1n) is 10.7. The van der Waals surface area contributed by atoms with Crippen molar-refractivity contribution in [2.75, 3.05) is 31.1 Å². The van der Waals surface area contributed by atoms with Crippen LogP contribution in [0.5, 0.6) is 0 Å². The summed E-state index contributed by atoms with van der Waals surface area (Å²) in [7, 11) is -3.67. The number of benzene rings is 3. The summed E-state index contributed by atoms with van der Waals surface area (Å²) in [4.78, 5) is 28.7. The topological polar surface area (TPSA) is 78.0 Å². The number of anilines is 1. The van der Waals surface area contributed by atoms with Gasteiger partial charge in [-0.1, -0.05) is 30.3 Å². The quantitative estimate of drug-likeness (QED) is 0.552. The third kappa shape index (κ3) is 3.92. The van der Waals surface area contributed by atoms with Crippen molar-refractivity contribution in [3.8, 4) is 0 Å². The van der Waals surface area contributed by atoms with Crippen molar-refractivity contribution in [1.82, 2.24) is 9.21 Å². The summed E-state index contributed by atoms with van der Waals surface area (Å²) in [5, 5.41) is 1.82. The summed E-state index contributed by atoms with van der Waals surface area (Å²) >= 11 is 0. The smallest absolute Gasteiger partial charge is 0.251 e. The Labute approximate surface area is 191 Å². The standard InChI is InChI=1S/C24H22FN3O4S/c25-19-6-8-20(9-7-19)28-23(29)16-22(24(28)30)26-11-13-27(14-12-26)33(31,32)21-10-5-17-3-1-2-4-18(17)15-21/h1-10,15,22H,11-14,16H2/t22-/m1/s1. The van der Waals surface area contributed by atoms with Gasteiger partial charge >= 0.3 is 0 Å². The van der Waals surface area contributed by atoms with Crippen LogP contribution in [-0.2, 0) is 19.6 Å². The normalized spacial score (nSPS) is 20.6. The van der Waals surface area contributed by atoms with E-state index in [4.69, 9.17) is 0 Å². The van der Waals surface area contributed by atoms with Crippen molar-refractivity contribution in [1.29, 1.82) is 0 Å². The molecule has 0 aromatic heterocycles. The van der Waals surface area contributed by atoms with Crippen LogP contribution in [0.25, 0.3) is 10.8 Å². The number of rotatable bonds is 4. The van der Waals surface area contributed by atoms with Crippen molar-refractivity contribution in [2.45, 2.75) is 17.4 Å². The Hall–Kier alpha value is -3.14. The van der Waals surface area contributed by atoms with E-state index >= 15 is 0 Å². The molecule has 0 unspecified atom stereocenters. The highest BCUT2D eigenvalue weighted by Crippen LogP contribution is 2.28. The second kappa shape index (κ2) is 8.33. The maximum absolute atomic E-state index is 13.2. The lowest BCUT2D eigenvalue weighted by atomic mass is 10.1. The number of carbonyl (C=O) groups excluding carboxylic acids is 2. The molecule has 0 spiro atoms. The zero-order chi connectivity index (χ0) is 23.2. The highest BCUT2D eigenvalue weighted by atomic mass is 32.2. The molecule has 2 saturated heterocycles. The first kappa shape index (κ1) is 21.7. The third-order valence-corrected chi connectivity index (χ3v) is 8.17. The van der Waals surface area contributed by atoms with Gasteiger partial charge in [-0.2, -0.15) is 4.31 Å². The van der Waals surface area contributed by atoms with E-state index in [0.29, 0.717) is 18.8 Å². The number of sulfonamides is 1. The van der Waals surface area contributed by atoms with Gasteiger partial charge in [-0.3, -0.25) is 14.5 Å². The van der Waals surface area contributed by atoms with Gasteiger partial charge in [0.1, 0.15) is 5.82 Å². The van der Waals surface area contributed by atoms with Crippen LogP contribution in [0.1, 0.15) is 6.42 Å². The maximum atomic E-state index is 13.2. The molecule has 0 radical (unpaired) electrons. The third-order valence-electron chi connectivity index (χ3n) is 6.28. The Bertz CT molecular complexity index is 1340. The summed E-state index contributed by atoms with van der Waals surface area (Å²) in [5.41, 5.74) is 0.339. The first-order valence-corrected chi connectivity index (χ1v) is 12.1. The number of piperazine rings is 1. The largest absolute Gasteiger partial charge is 0.289 e. The van der Waals surface area contributed by atoms with Gasteiger partial charge < -0.3 is 0 Å². The fourth-order valence-corrected chi connectivity index (χ4v) is 5.95. The Morgan fingerprint density at radius 2 is 1.48 bits per heavy atom. The molecule has 33 heavy (non-hydrogen) atoms. The lowest BCUT2D eigenvalue weighted by Crippen LogP contribution is -2.53. The zero-order valence-corrected chi connectivity index (χ0v) is 18.5. The molecule has 3 aromatic rings. The molecule has 170 valence electrons. The number of nitrogens with zero attached hydrogens (tertiary/aromatic N) is 3. The fourth-order valence-electron chi connectivity index (χ4n) is 4.50. The minimum absolute atomic E-state index is 0.0215. The molecule has 7 nitrogen and oxygen atoms in total. The summed E-state index contributed by atoms with van der Waals surface area (Å²) in [6.45, 7) is 1.13. The molecule has 0 N–H and O–H groups in total. The van der Waals surface area contributed by atoms with E-state index in [1.165, 1.54) is 28.6 Å².